The molecule has 2 aromatic rings. The Labute approximate surface area is 165 Å². The topological polar surface area (TPSA) is 0 Å². The van der Waals surface area contributed by atoms with Gasteiger partial charge in [-0.1, -0.05) is 77.5 Å². The Balaban J connectivity index is 2.03. The normalized spacial score (nSPS) is 16.3. The molecule has 0 bridgehead atoms. The van der Waals surface area contributed by atoms with Gasteiger partial charge in [-0.15, -0.1) is 0 Å². The van der Waals surface area contributed by atoms with Crippen LogP contribution in [0.1, 0.15) is 88.3 Å². The van der Waals surface area contributed by atoms with Gasteiger partial charge in [0.2, 0.25) is 0 Å². The number of allylic oxidation sites excluding steroid dienone is 1. The fraction of sp³-hybridized carbons (Fsp3) is 0.444. The summed E-state index contributed by atoms with van der Waals surface area (Å²) in [6.45, 7) is 16.2. The number of benzene rings is 2. The molecule has 2 aliphatic carbocycles. The molecular weight excluding hydrogens is 324 g/mol. The number of hydrogen-bond acceptors (Lipinski definition) is 0. The van der Waals surface area contributed by atoms with Crippen LogP contribution in [0.3, 0.4) is 0 Å². The van der Waals surface area contributed by atoms with Gasteiger partial charge in [0.25, 0.3) is 0 Å². The minimum absolute atomic E-state index is 0.148. The summed E-state index contributed by atoms with van der Waals surface area (Å²) < 4.78 is 0. The van der Waals surface area contributed by atoms with Gasteiger partial charge in [-0.3, -0.25) is 0 Å². The van der Waals surface area contributed by atoms with Gasteiger partial charge in [-0.2, -0.15) is 0 Å². The van der Waals surface area contributed by atoms with Gasteiger partial charge in [0.05, 0.1) is 0 Å². The van der Waals surface area contributed by atoms with E-state index in [1.165, 1.54) is 58.2 Å². The Morgan fingerprint density at radius 3 is 2.00 bits per heavy atom. The van der Waals surface area contributed by atoms with Crippen LogP contribution >= 0.6 is 0 Å². The Morgan fingerprint density at radius 1 is 0.778 bits per heavy atom. The van der Waals surface area contributed by atoms with Crippen molar-refractivity contribution in [3.05, 3.63) is 69.6 Å². The van der Waals surface area contributed by atoms with E-state index in [1.807, 2.05) is 0 Å². The predicted octanol–water partition coefficient (Wildman–Crippen LogP) is 7.41. The van der Waals surface area contributed by atoms with Crippen LogP contribution in [-0.2, 0) is 23.7 Å². The molecule has 0 unspecified atom stereocenters. The zero-order valence-electron chi connectivity index (χ0n) is 18.1. The van der Waals surface area contributed by atoms with Gasteiger partial charge in [0.15, 0.2) is 0 Å². The van der Waals surface area contributed by atoms with Crippen LogP contribution < -0.4 is 0 Å². The van der Waals surface area contributed by atoms with Crippen molar-refractivity contribution in [2.24, 2.45) is 0 Å². The van der Waals surface area contributed by atoms with Crippen molar-refractivity contribution in [3.8, 4) is 11.1 Å². The molecule has 4 rings (SSSR count). The summed E-state index contributed by atoms with van der Waals surface area (Å²) in [5, 5.41) is 0. The van der Waals surface area contributed by atoms with Crippen LogP contribution in [0.5, 0.6) is 0 Å². The molecule has 0 saturated heterocycles. The molecule has 2 aromatic carbocycles. The molecule has 0 saturated carbocycles. The predicted molar refractivity (Wildman–Crippen MR) is 118 cm³/mol. The molecule has 1 radical (unpaired) electrons. The van der Waals surface area contributed by atoms with Gasteiger partial charge >= 0.3 is 0 Å². The zero-order chi connectivity index (χ0) is 19.6. The van der Waals surface area contributed by atoms with Gasteiger partial charge in [0.1, 0.15) is 0 Å². The fourth-order valence-corrected chi connectivity index (χ4v) is 4.54. The highest BCUT2D eigenvalue weighted by Crippen LogP contribution is 2.44. The van der Waals surface area contributed by atoms with Crippen molar-refractivity contribution in [1.29, 1.82) is 0 Å². The van der Waals surface area contributed by atoms with Crippen LogP contribution in [0.2, 0.25) is 0 Å². The molecule has 0 fully saturated rings. The number of aryl methyl sites for hydroxylation is 1. The molecule has 0 heterocycles. The van der Waals surface area contributed by atoms with E-state index in [0.717, 1.165) is 0 Å². The monoisotopic (exact) mass is 357 g/mol. The van der Waals surface area contributed by atoms with Crippen LogP contribution in [-0.4, -0.2) is 0 Å². The van der Waals surface area contributed by atoms with E-state index >= 15 is 0 Å². The number of fused-ring (bicyclic) bond motifs is 2. The summed E-state index contributed by atoms with van der Waals surface area (Å²) in [4.78, 5) is 0. The van der Waals surface area contributed by atoms with E-state index in [1.54, 1.807) is 11.1 Å². The lowest BCUT2D eigenvalue weighted by molar-refractivity contribution is 0.569. The lowest BCUT2D eigenvalue weighted by atomic mass is 9.77. The van der Waals surface area contributed by atoms with Gasteiger partial charge in [-0.05, 0) is 81.5 Å². The molecule has 0 N–H and O–H groups in total. The van der Waals surface area contributed by atoms with E-state index in [9.17, 15) is 0 Å². The Hall–Kier alpha value is -1.82. The summed E-state index contributed by atoms with van der Waals surface area (Å²) in [7, 11) is 0. The molecule has 27 heavy (non-hydrogen) atoms. The molecule has 0 amide bonds. The Morgan fingerprint density at radius 2 is 1.41 bits per heavy atom. The highest BCUT2D eigenvalue weighted by molar-refractivity contribution is 5.87. The molecule has 0 heteroatoms. The van der Waals surface area contributed by atoms with Crippen molar-refractivity contribution in [2.75, 3.05) is 0 Å². The maximum Gasteiger partial charge on any atom is 0.0161 e. The summed E-state index contributed by atoms with van der Waals surface area (Å²) in [5.41, 5.74) is 13.5. The second-order valence-corrected chi connectivity index (χ2v) is 10.6. The first-order valence-electron chi connectivity index (χ1n) is 10.4. The second kappa shape index (κ2) is 6.09. The molecular formula is C27H33. The third-order valence-corrected chi connectivity index (χ3v) is 6.18. The fourth-order valence-electron chi connectivity index (χ4n) is 4.54. The highest BCUT2D eigenvalue weighted by atomic mass is 14.3. The maximum atomic E-state index is 2.46. The van der Waals surface area contributed by atoms with Crippen molar-refractivity contribution in [1.82, 2.24) is 0 Å². The van der Waals surface area contributed by atoms with Crippen molar-refractivity contribution in [2.45, 2.75) is 78.6 Å². The van der Waals surface area contributed by atoms with Crippen molar-refractivity contribution < 1.29 is 0 Å². The lowest BCUT2D eigenvalue weighted by Gasteiger charge is -2.27. The third-order valence-electron chi connectivity index (χ3n) is 6.18. The van der Waals surface area contributed by atoms with Crippen molar-refractivity contribution in [3.63, 3.8) is 0 Å². The molecule has 2 aliphatic rings. The molecule has 0 aromatic heterocycles. The van der Waals surface area contributed by atoms with E-state index in [-0.39, 0.29) is 10.8 Å². The van der Waals surface area contributed by atoms with Crippen LogP contribution in [0.4, 0.5) is 0 Å². The van der Waals surface area contributed by atoms with Crippen LogP contribution in [0, 0.1) is 6.42 Å². The zero-order valence-corrected chi connectivity index (χ0v) is 18.1. The average molecular weight is 358 g/mol. The van der Waals surface area contributed by atoms with E-state index in [0.29, 0.717) is 0 Å². The van der Waals surface area contributed by atoms with Gasteiger partial charge in [0, 0.05) is 6.42 Å². The largest absolute Gasteiger partial charge is 0.0642 e. The van der Waals surface area contributed by atoms with E-state index < -0.39 is 0 Å². The van der Waals surface area contributed by atoms with Crippen LogP contribution in [0.25, 0.3) is 17.2 Å². The first-order valence-corrected chi connectivity index (χ1v) is 10.4. The quantitative estimate of drug-likeness (QED) is 0.498. The third kappa shape index (κ3) is 3.28. The molecule has 141 valence electrons. The summed E-state index contributed by atoms with van der Waals surface area (Å²) in [6, 6.07) is 9.81. The van der Waals surface area contributed by atoms with Crippen molar-refractivity contribution >= 4 is 6.08 Å². The molecule has 0 nitrogen and oxygen atoms in total. The minimum Gasteiger partial charge on any atom is -0.0642 e. The standard InChI is InChI=1S/C27H33/c1-17-11-19-13-18-9-8-10-23(18)25(24(19)12-17)20-14-21(26(2,3)4)16-22(15-20)27(5,6)7/h11-16H,8-10H2,1-7H3. The molecule has 0 atom stereocenters. The maximum absolute atomic E-state index is 2.46. The summed E-state index contributed by atoms with van der Waals surface area (Å²) in [5.74, 6) is 0. The van der Waals surface area contributed by atoms with Gasteiger partial charge < -0.3 is 0 Å². The summed E-state index contributed by atoms with van der Waals surface area (Å²) >= 11 is 0. The van der Waals surface area contributed by atoms with E-state index in [4.69, 9.17) is 0 Å². The smallest absolute Gasteiger partial charge is 0.0161 e. The lowest BCUT2D eigenvalue weighted by Crippen LogP contribution is -2.16. The van der Waals surface area contributed by atoms with Gasteiger partial charge in [-0.25, -0.2) is 0 Å². The summed E-state index contributed by atoms with van der Waals surface area (Å²) in [6.07, 6.45) is 8.49. The molecule has 0 aliphatic heterocycles. The highest BCUT2D eigenvalue weighted by Gasteiger charge is 2.27. The Bertz CT molecular complexity index is 907. The molecule has 0 spiro atoms. The minimum atomic E-state index is 0.148. The second-order valence-electron chi connectivity index (χ2n) is 10.6. The first kappa shape index (κ1) is 18.5. The van der Waals surface area contributed by atoms with E-state index in [2.05, 4.69) is 85.2 Å². The number of hydrogen-bond donors (Lipinski definition) is 0. The SMILES string of the molecule is CC1=Cc2c(cc3c(c2-c2cc(C(C)(C)C)cc(C(C)(C)C)c2)CCC3)[CH]1. The average Bonchev–Trinajstić information content (AvgIpc) is 3.15. The first-order chi connectivity index (χ1) is 12.5. The number of rotatable bonds is 1. The Kier molecular flexibility index (Phi) is 4.18. The van der Waals surface area contributed by atoms with Crippen LogP contribution in [0.15, 0.2) is 29.8 Å².